The van der Waals surface area contributed by atoms with Crippen molar-refractivity contribution in [2.24, 2.45) is 0 Å². The van der Waals surface area contributed by atoms with Crippen LogP contribution in [0.2, 0.25) is 0 Å². The Morgan fingerprint density at radius 2 is 1.44 bits per heavy atom. The van der Waals surface area contributed by atoms with Crippen molar-refractivity contribution in [2.75, 3.05) is 4.43 Å². The van der Waals surface area contributed by atoms with Gasteiger partial charge in [0.1, 0.15) is 0 Å². The highest BCUT2D eigenvalue weighted by Crippen LogP contribution is 2.19. The molecule has 0 atom stereocenters. The van der Waals surface area contributed by atoms with Crippen molar-refractivity contribution in [3.05, 3.63) is 60.2 Å². The Morgan fingerprint density at radius 3 is 2.00 bits per heavy atom. The number of halogens is 1. The van der Waals surface area contributed by atoms with Gasteiger partial charge < -0.3 is 0 Å². The van der Waals surface area contributed by atoms with Gasteiger partial charge in [0.25, 0.3) is 0 Å². The van der Waals surface area contributed by atoms with Gasteiger partial charge >= 0.3 is 0 Å². The highest BCUT2D eigenvalue weighted by molar-refractivity contribution is 14.1. The molecule has 0 aromatic heterocycles. The van der Waals surface area contributed by atoms with Crippen LogP contribution >= 0.6 is 22.6 Å². The van der Waals surface area contributed by atoms with E-state index < -0.39 is 0 Å². The zero-order valence-corrected chi connectivity index (χ0v) is 10.8. The van der Waals surface area contributed by atoms with Crippen LogP contribution in [-0.4, -0.2) is 10.2 Å². The average molecular weight is 322 g/mol. The minimum atomic E-state index is 0.181. The second kappa shape index (κ2) is 5.25. The predicted octanol–water partition coefficient (Wildman–Crippen LogP) is 3.97. The van der Waals surface area contributed by atoms with Crippen molar-refractivity contribution in [3.63, 3.8) is 0 Å². The van der Waals surface area contributed by atoms with Crippen LogP contribution in [0.4, 0.5) is 0 Å². The van der Waals surface area contributed by atoms with Crippen molar-refractivity contribution in [3.8, 4) is 11.1 Å². The highest BCUT2D eigenvalue weighted by atomic mass is 127. The minimum Gasteiger partial charge on any atom is -0.293 e. The Hall–Kier alpha value is -1.16. The molecule has 0 bridgehead atoms. The van der Waals surface area contributed by atoms with Crippen molar-refractivity contribution in [1.82, 2.24) is 0 Å². The van der Waals surface area contributed by atoms with Crippen LogP contribution in [-0.2, 0) is 0 Å². The van der Waals surface area contributed by atoms with Crippen molar-refractivity contribution in [1.29, 1.82) is 0 Å². The fourth-order valence-electron chi connectivity index (χ4n) is 1.56. The molecule has 0 aliphatic rings. The van der Waals surface area contributed by atoms with Gasteiger partial charge in [0.15, 0.2) is 5.78 Å². The Morgan fingerprint density at radius 1 is 0.875 bits per heavy atom. The number of Topliss-reactive ketones (excluding diaryl/α,β-unsaturated/α-hetero) is 1. The van der Waals surface area contributed by atoms with Crippen molar-refractivity contribution in [2.45, 2.75) is 0 Å². The maximum absolute atomic E-state index is 11.5. The summed E-state index contributed by atoms with van der Waals surface area (Å²) in [6.45, 7) is 0. The van der Waals surface area contributed by atoms with Gasteiger partial charge in [-0.3, -0.25) is 4.79 Å². The fraction of sp³-hybridized carbons (Fsp3) is 0.0714. The molecule has 0 aliphatic heterocycles. The first-order chi connectivity index (χ1) is 7.81. The lowest BCUT2D eigenvalue weighted by molar-refractivity contribution is 0.102. The van der Waals surface area contributed by atoms with E-state index >= 15 is 0 Å². The van der Waals surface area contributed by atoms with E-state index in [4.69, 9.17) is 0 Å². The molecule has 0 aliphatic carbocycles. The van der Waals surface area contributed by atoms with Gasteiger partial charge in [-0.1, -0.05) is 77.2 Å². The van der Waals surface area contributed by atoms with E-state index in [2.05, 4.69) is 34.7 Å². The van der Waals surface area contributed by atoms with Gasteiger partial charge in [-0.15, -0.1) is 0 Å². The molecule has 16 heavy (non-hydrogen) atoms. The van der Waals surface area contributed by atoms with Crippen LogP contribution < -0.4 is 0 Å². The zero-order chi connectivity index (χ0) is 11.4. The van der Waals surface area contributed by atoms with Gasteiger partial charge in [-0.2, -0.15) is 0 Å². The molecular weight excluding hydrogens is 311 g/mol. The zero-order valence-electron chi connectivity index (χ0n) is 8.69. The highest BCUT2D eigenvalue weighted by Gasteiger charge is 2.03. The summed E-state index contributed by atoms with van der Waals surface area (Å²) in [7, 11) is 0. The van der Waals surface area contributed by atoms with Crippen molar-refractivity contribution < 1.29 is 4.79 Å². The minimum absolute atomic E-state index is 0.181. The Balaban J connectivity index is 2.30. The van der Waals surface area contributed by atoms with E-state index in [-0.39, 0.29) is 5.78 Å². The van der Waals surface area contributed by atoms with Gasteiger partial charge in [0.05, 0.1) is 4.43 Å². The predicted molar refractivity (Wildman–Crippen MR) is 75.1 cm³/mol. The summed E-state index contributed by atoms with van der Waals surface area (Å²) in [5.74, 6) is 0.181. The molecule has 2 aromatic rings. The van der Waals surface area contributed by atoms with Crippen LogP contribution in [0.25, 0.3) is 11.1 Å². The molecule has 0 saturated heterocycles. The molecule has 2 aromatic carbocycles. The number of carbonyl (C=O) groups excluding carboxylic acids is 1. The van der Waals surface area contributed by atoms with Gasteiger partial charge in [0.2, 0.25) is 0 Å². The summed E-state index contributed by atoms with van der Waals surface area (Å²) in [5, 5.41) is 0. The Kier molecular flexibility index (Phi) is 3.72. The third-order valence-corrected chi connectivity index (χ3v) is 3.13. The first kappa shape index (κ1) is 11.3. The van der Waals surface area contributed by atoms with E-state index in [9.17, 15) is 4.79 Å². The maximum Gasteiger partial charge on any atom is 0.172 e. The van der Waals surface area contributed by atoms with Crippen LogP contribution in [0.15, 0.2) is 54.6 Å². The normalized spacial score (nSPS) is 10.1. The molecule has 0 heterocycles. The third kappa shape index (κ3) is 2.50. The summed E-state index contributed by atoms with van der Waals surface area (Å²) < 4.78 is 0.530. The standard InChI is InChI=1S/C14H11IO/c15-10-14(16)13-8-6-12(7-9-13)11-4-2-1-3-5-11/h1-9H,10H2. The topological polar surface area (TPSA) is 17.1 Å². The molecule has 0 spiro atoms. The monoisotopic (exact) mass is 322 g/mol. The molecule has 2 rings (SSSR count). The van der Waals surface area contributed by atoms with Crippen LogP contribution in [0.1, 0.15) is 10.4 Å². The van der Waals surface area contributed by atoms with E-state index in [0.29, 0.717) is 4.43 Å². The Labute approximate surface area is 109 Å². The van der Waals surface area contributed by atoms with Crippen LogP contribution in [0, 0.1) is 0 Å². The second-order valence-electron chi connectivity index (χ2n) is 3.50. The summed E-state index contributed by atoms with van der Waals surface area (Å²) >= 11 is 2.09. The third-order valence-electron chi connectivity index (χ3n) is 2.44. The lowest BCUT2D eigenvalue weighted by Gasteiger charge is -2.02. The van der Waals surface area contributed by atoms with Crippen LogP contribution in [0.3, 0.4) is 0 Å². The number of alkyl halides is 1. The summed E-state index contributed by atoms with van der Waals surface area (Å²) in [4.78, 5) is 11.5. The first-order valence-corrected chi connectivity index (χ1v) is 6.58. The van der Waals surface area contributed by atoms with E-state index in [1.54, 1.807) is 0 Å². The second-order valence-corrected chi connectivity index (χ2v) is 4.26. The van der Waals surface area contributed by atoms with Gasteiger partial charge in [0, 0.05) is 5.56 Å². The quantitative estimate of drug-likeness (QED) is 0.475. The van der Waals surface area contributed by atoms with E-state index in [1.807, 2.05) is 42.5 Å². The number of hydrogen-bond donors (Lipinski definition) is 0. The lowest BCUT2D eigenvalue weighted by Crippen LogP contribution is -1.98. The number of ketones is 1. The van der Waals surface area contributed by atoms with Gasteiger partial charge in [-0.25, -0.2) is 0 Å². The molecule has 1 nitrogen and oxygen atoms in total. The number of carbonyl (C=O) groups is 1. The first-order valence-electron chi connectivity index (χ1n) is 5.06. The molecule has 0 radical (unpaired) electrons. The average Bonchev–Trinajstić information content (AvgIpc) is 2.39. The molecular formula is C14H11IO. The summed E-state index contributed by atoms with van der Waals surface area (Å²) in [6.07, 6.45) is 0. The number of benzene rings is 2. The summed E-state index contributed by atoms with van der Waals surface area (Å²) in [5.41, 5.74) is 3.11. The molecule has 2 heteroatoms. The maximum atomic E-state index is 11.5. The molecule has 0 saturated carbocycles. The summed E-state index contributed by atoms with van der Waals surface area (Å²) in [6, 6.07) is 17.9. The van der Waals surface area contributed by atoms with Crippen molar-refractivity contribution >= 4 is 28.4 Å². The lowest BCUT2D eigenvalue weighted by atomic mass is 10.0. The molecule has 0 unspecified atom stereocenters. The molecule has 0 fully saturated rings. The van der Waals surface area contributed by atoms with E-state index in [0.717, 1.165) is 11.1 Å². The SMILES string of the molecule is O=C(CI)c1ccc(-c2ccccc2)cc1. The fourth-order valence-corrected chi connectivity index (χ4v) is 2.00. The molecule has 0 N–H and O–H groups in total. The van der Waals surface area contributed by atoms with Crippen LogP contribution in [0.5, 0.6) is 0 Å². The number of rotatable bonds is 3. The largest absolute Gasteiger partial charge is 0.293 e. The smallest absolute Gasteiger partial charge is 0.172 e. The number of hydrogen-bond acceptors (Lipinski definition) is 1. The Bertz CT molecular complexity index is 474. The van der Waals surface area contributed by atoms with Gasteiger partial charge in [-0.05, 0) is 11.1 Å². The molecule has 0 amide bonds. The van der Waals surface area contributed by atoms with E-state index in [1.165, 1.54) is 5.56 Å². The molecule has 80 valence electrons.